The summed E-state index contributed by atoms with van der Waals surface area (Å²) in [5.41, 5.74) is 2.40. The highest BCUT2D eigenvalue weighted by atomic mass is 16.3. The van der Waals surface area contributed by atoms with Crippen LogP contribution in [0.5, 0.6) is 5.75 Å². The first kappa shape index (κ1) is 13.0. The fraction of sp³-hybridized carbons (Fsp3) is 0.214. The molecule has 1 N–H and O–H groups in total. The zero-order valence-corrected chi connectivity index (χ0v) is 11.2. The number of hydrogen-bond donors (Lipinski definition) is 1. The Labute approximate surface area is 112 Å². The molecule has 0 fully saturated rings. The van der Waals surface area contributed by atoms with Gasteiger partial charge >= 0.3 is 0 Å². The van der Waals surface area contributed by atoms with E-state index in [1.807, 2.05) is 44.1 Å². The monoisotopic (exact) mass is 256 g/mol. The number of aryl methyl sites for hydroxylation is 1. The molecule has 0 bridgehead atoms. The van der Waals surface area contributed by atoms with Crippen LogP contribution < -0.4 is 4.90 Å². The predicted molar refractivity (Wildman–Crippen MR) is 75.6 cm³/mol. The van der Waals surface area contributed by atoms with Crippen molar-refractivity contribution in [1.29, 1.82) is 0 Å². The summed E-state index contributed by atoms with van der Waals surface area (Å²) in [7, 11) is 3.82. The van der Waals surface area contributed by atoms with Gasteiger partial charge in [-0.1, -0.05) is 0 Å². The van der Waals surface area contributed by atoms with Gasteiger partial charge in [0.2, 0.25) is 0 Å². The van der Waals surface area contributed by atoms with Crippen molar-refractivity contribution in [3.05, 3.63) is 42.1 Å². The minimum Gasteiger partial charge on any atom is -0.506 e. The highest BCUT2D eigenvalue weighted by molar-refractivity contribution is 5.60. The second-order valence-corrected chi connectivity index (χ2v) is 4.46. The number of anilines is 1. The standard InChI is InChI=1S/C14H16N4O/c1-10-6-7-15-14(8-10)17-16-12-5-4-11(18(2)3)9-13(12)19/h4-9,19H,1-3H3. The van der Waals surface area contributed by atoms with Gasteiger partial charge in [0.25, 0.3) is 0 Å². The van der Waals surface area contributed by atoms with Crippen molar-refractivity contribution in [2.45, 2.75) is 6.92 Å². The van der Waals surface area contributed by atoms with Crippen molar-refractivity contribution in [3.63, 3.8) is 0 Å². The van der Waals surface area contributed by atoms with Crippen molar-refractivity contribution < 1.29 is 5.11 Å². The summed E-state index contributed by atoms with van der Waals surface area (Å²) in [6.45, 7) is 1.96. The molecule has 0 radical (unpaired) electrons. The van der Waals surface area contributed by atoms with E-state index in [-0.39, 0.29) is 5.75 Å². The number of nitrogens with zero attached hydrogens (tertiary/aromatic N) is 4. The lowest BCUT2D eigenvalue weighted by Crippen LogP contribution is -2.07. The summed E-state index contributed by atoms with van der Waals surface area (Å²) >= 11 is 0. The number of benzene rings is 1. The summed E-state index contributed by atoms with van der Waals surface area (Å²) in [6, 6.07) is 8.97. The summed E-state index contributed by atoms with van der Waals surface area (Å²) in [4.78, 5) is 5.99. The average molecular weight is 256 g/mol. The molecule has 1 aromatic carbocycles. The number of phenols is 1. The van der Waals surface area contributed by atoms with Gasteiger partial charge in [-0.2, -0.15) is 0 Å². The number of azo groups is 1. The summed E-state index contributed by atoms with van der Waals surface area (Å²) in [5.74, 6) is 0.624. The zero-order chi connectivity index (χ0) is 13.8. The third-order valence-electron chi connectivity index (χ3n) is 2.64. The molecule has 2 rings (SSSR count). The SMILES string of the molecule is Cc1ccnc(N=Nc2ccc(N(C)C)cc2O)c1. The van der Waals surface area contributed by atoms with Crippen LogP contribution in [0.4, 0.5) is 17.2 Å². The van der Waals surface area contributed by atoms with Crippen LogP contribution in [0.2, 0.25) is 0 Å². The van der Waals surface area contributed by atoms with E-state index in [0.717, 1.165) is 11.3 Å². The van der Waals surface area contributed by atoms with Crippen LogP contribution in [-0.4, -0.2) is 24.2 Å². The average Bonchev–Trinajstić information content (AvgIpc) is 2.37. The highest BCUT2D eigenvalue weighted by Crippen LogP contribution is 2.31. The van der Waals surface area contributed by atoms with E-state index in [9.17, 15) is 5.11 Å². The molecule has 1 heterocycles. The zero-order valence-electron chi connectivity index (χ0n) is 11.2. The molecule has 5 nitrogen and oxygen atoms in total. The Morgan fingerprint density at radius 1 is 1.11 bits per heavy atom. The van der Waals surface area contributed by atoms with E-state index in [1.165, 1.54) is 0 Å². The Morgan fingerprint density at radius 2 is 1.89 bits per heavy atom. The van der Waals surface area contributed by atoms with Crippen LogP contribution in [-0.2, 0) is 0 Å². The number of phenolic OH excluding ortho intramolecular Hbond substituents is 1. The molecule has 19 heavy (non-hydrogen) atoms. The summed E-state index contributed by atoms with van der Waals surface area (Å²) < 4.78 is 0. The van der Waals surface area contributed by atoms with Crippen LogP contribution in [0, 0.1) is 6.92 Å². The highest BCUT2D eigenvalue weighted by Gasteiger charge is 2.03. The van der Waals surface area contributed by atoms with Gasteiger partial charge in [0.05, 0.1) is 0 Å². The first-order valence-corrected chi connectivity index (χ1v) is 5.91. The maximum absolute atomic E-state index is 9.87. The van der Waals surface area contributed by atoms with E-state index >= 15 is 0 Å². The van der Waals surface area contributed by atoms with Gasteiger partial charge < -0.3 is 10.0 Å². The van der Waals surface area contributed by atoms with Crippen LogP contribution in [0.25, 0.3) is 0 Å². The lowest BCUT2D eigenvalue weighted by atomic mass is 10.2. The van der Waals surface area contributed by atoms with Crippen LogP contribution in [0.3, 0.4) is 0 Å². The molecule has 2 aromatic rings. The second-order valence-electron chi connectivity index (χ2n) is 4.46. The van der Waals surface area contributed by atoms with E-state index in [1.54, 1.807) is 18.3 Å². The topological polar surface area (TPSA) is 61.1 Å². The van der Waals surface area contributed by atoms with Gasteiger partial charge in [-0.15, -0.1) is 10.2 Å². The molecule has 0 unspecified atom stereocenters. The maximum atomic E-state index is 9.87. The molecule has 0 aliphatic carbocycles. The smallest absolute Gasteiger partial charge is 0.174 e. The van der Waals surface area contributed by atoms with Gasteiger partial charge in [0, 0.05) is 32.0 Å². The normalized spacial score (nSPS) is 10.9. The molecule has 98 valence electrons. The number of hydrogen-bond acceptors (Lipinski definition) is 5. The fourth-order valence-electron chi connectivity index (χ4n) is 1.55. The van der Waals surface area contributed by atoms with Crippen LogP contribution >= 0.6 is 0 Å². The van der Waals surface area contributed by atoms with E-state index in [0.29, 0.717) is 11.5 Å². The first-order chi connectivity index (χ1) is 9.06. The quantitative estimate of drug-likeness (QED) is 0.854. The molecule has 1 aromatic heterocycles. The van der Waals surface area contributed by atoms with Crippen molar-refractivity contribution >= 4 is 17.2 Å². The van der Waals surface area contributed by atoms with E-state index < -0.39 is 0 Å². The van der Waals surface area contributed by atoms with Crippen molar-refractivity contribution in [1.82, 2.24) is 4.98 Å². The summed E-state index contributed by atoms with van der Waals surface area (Å²) in [6.07, 6.45) is 1.68. The lowest BCUT2D eigenvalue weighted by molar-refractivity contribution is 0.476. The van der Waals surface area contributed by atoms with Crippen LogP contribution in [0.1, 0.15) is 5.56 Å². The molecule has 5 heteroatoms. The number of aromatic hydroxyl groups is 1. The molecule has 0 saturated carbocycles. The molecule has 0 spiro atoms. The number of rotatable bonds is 3. The Bertz CT molecular complexity index is 608. The Kier molecular flexibility index (Phi) is 3.75. The Hall–Kier alpha value is -2.43. The van der Waals surface area contributed by atoms with Gasteiger partial charge in [-0.3, -0.25) is 0 Å². The van der Waals surface area contributed by atoms with Gasteiger partial charge in [-0.25, -0.2) is 4.98 Å². The van der Waals surface area contributed by atoms with Crippen molar-refractivity contribution in [2.24, 2.45) is 10.2 Å². The van der Waals surface area contributed by atoms with E-state index in [4.69, 9.17) is 0 Å². The fourth-order valence-corrected chi connectivity index (χ4v) is 1.55. The third-order valence-corrected chi connectivity index (χ3v) is 2.64. The number of aromatic nitrogens is 1. The second kappa shape index (κ2) is 5.48. The van der Waals surface area contributed by atoms with E-state index in [2.05, 4.69) is 15.2 Å². The molecule has 0 amide bonds. The van der Waals surface area contributed by atoms with Gasteiger partial charge in [0.1, 0.15) is 11.4 Å². The minimum atomic E-state index is 0.0996. The molecule has 0 saturated heterocycles. The van der Waals surface area contributed by atoms with Gasteiger partial charge in [-0.05, 0) is 36.8 Å². The minimum absolute atomic E-state index is 0.0996. The van der Waals surface area contributed by atoms with Crippen molar-refractivity contribution in [3.8, 4) is 5.75 Å². The van der Waals surface area contributed by atoms with Gasteiger partial charge in [0.15, 0.2) is 5.82 Å². The summed E-state index contributed by atoms with van der Waals surface area (Å²) in [5, 5.41) is 17.9. The molecular weight excluding hydrogens is 240 g/mol. The lowest BCUT2D eigenvalue weighted by Gasteiger charge is -2.12. The molecule has 0 atom stereocenters. The molecule has 0 aliphatic rings. The third kappa shape index (κ3) is 3.28. The molecule has 0 aliphatic heterocycles. The largest absolute Gasteiger partial charge is 0.506 e. The van der Waals surface area contributed by atoms with Crippen molar-refractivity contribution in [2.75, 3.05) is 19.0 Å². The maximum Gasteiger partial charge on any atom is 0.174 e. The number of pyridine rings is 1. The Balaban J connectivity index is 2.24. The van der Waals surface area contributed by atoms with Crippen LogP contribution in [0.15, 0.2) is 46.8 Å². The predicted octanol–water partition coefficient (Wildman–Crippen LogP) is 3.58. The Morgan fingerprint density at radius 3 is 2.53 bits per heavy atom. The first-order valence-electron chi connectivity index (χ1n) is 5.91. The molecular formula is C14H16N4O.